The van der Waals surface area contributed by atoms with Gasteiger partial charge in [-0.25, -0.2) is 4.79 Å². The Labute approximate surface area is 102 Å². The Morgan fingerprint density at radius 2 is 1.75 bits per heavy atom. The number of primary amides is 1. The van der Waals surface area contributed by atoms with E-state index in [2.05, 4.69) is 4.74 Å². The molecule has 4 nitrogen and oxygen atoms in total. The fraction of sp³-hybridized carbons (Fsp3) is 0.200. The van der Waals surface area contributed by atoms with Crippen LogP contribution in [0, 0.1) is 0 Å². The molecule has 16 heavy (non-hydrogen) atoms. The number of carbonyl (C=O) groups excluding carboxylic acids is 2. The Balaban J connectivity index is 2.96. The van der Waals surface area contributed by atoms with Crippen molar-refractivity contribution in [1.82, 2.24) is 0 Å². The molecule has 1 rings (SSSR count). The van der Waals surface area contributed by atoms with Crippen LogP contribution in [0.25, 0.3) is 0 Å². The van der Waals surface area contributed by atoms with Gasteiger partial charge >= 0.3 is 6.09 Å². The molecule has 0 fully saturated rings. The summed E-state index contributed by atoms with van der Waals surface area (Å²) in [7, 11) is 0. The molecular formula is C10H9Cl2NO3. The second-order valence-corrected chi connectivity index (χ2v) is 4.03. The van der Waals surface area contributed by atoms with Crippen LogP contribution >= 0.6 is 23.2 Å². The van der Waals surface area contributed by atoms with Gasteiger partial charge in [-0.2, -0.15) is 0 Å². The molecule has 1 amide bonds. The van der Waals surface area contributed by atoms with Gasteiger partial charge in [0.15, 0.2) is 10.9 Å². The van der Waals surface area contributed by atoms with Crippen molar-refractivity contribution in [3.8, 4) is 0 Å². The second-order valence-electron chi connectivity index (χ2n) is 2.93. The Hall–Kier alpha value is -1.26. The molecule has 0 aliphatic rings. The van der Waals surface area contributed by atoms with Gasteiger partial charge in [0.05, 0.1) is 0 Å². The number of hydrogen-bond donors (Lipinski definition) is 1. The van der Waals surface area contributed by atoms with Crippen LogP contribution < -0.4 is 5.73 Å². The summed E-state index contributed by atoms with van der Waals surface area (Å²) in [5.74, 6) is -0.631. The lowest BCUT2D eigenvalue weighted by atomic mass is 10.1. The summed E-state index contributed by atoms with van der Waals surface area (Å²) < 4.78 is 4.68. The molecule has 0 aliphatic heterocycles. The first-order valence-electron chi connectivity index (χ1n) is 4.35. The first kappa shape index (κ1) is 12.8. The summed E-state index contributed by atoms with van der Waals surface area (Å²) in [5.41, 5.74) is 5.34. The van der Waals surface area contributed by atoms with Crippen molar-refractivity contribution in [2.24, 2.45) is 5.73 Å². The normalized spacial score (nSPS) is 12.2. The number of halogens is 2. The predicted octanol–water partition coefficient (Wildman–Crippen LogP) is 2.20. The van der Waals surface area contributed by atoms with E-state index in [-0.39, 0.29) is 0 Å². The van der Waals surface area contributed by atoms with E-state index in [0.717, 1.165) is 0 Å². The summed E-state index contributed by atoms with van der Waals surface area (Å²) in [6, 6.07) is 8.37. The monoisotopic (exact) mass is 261 g/mol. The molecule has 86 valence electrons. The average molecular weight is 262 g/mol. The zero-order valence-corrected chi connectivity index (χ0v) is 9.61. The van der Waals surface area contributed by atoms with Gasteiger partial charge in [-0.3, -0.25) is 4.79 Å². The van der Waals surface area contributed by atoms with Crippen molar-refractivity contribution in [2.75, 3.05) is 0 Å². The zero-order chi connectivity index (χ0) is 12.1. The summed E-state index contributed by atoms with van der Waals surface area (Å²) in [6.07, 6.45) is -2.23. The van der Waals surface area contributed by atoms with Crippen molar-refractivity contribution in [1.29, 1.82) is 0 Å². The van der Waals surface area contributed by atoms with Crippen molar-refractivity contribution in [3.05, 3.63) is 35.9 Å². The molecule has 0 radical (unpaired) electrons. The molecule has 1 aromatic carbocycles. The molecule has 0 spiro atoms. The minimum atomic E-state index is -1.27. The number of Topliss-reactive ketones (excluding diaryl/α,β-unsaturated/α-hetero) is 1. The SMILES string of the molecule is NC(=O)O[C@H](C(=O)C(Cl)Cl)c1ccccc1. The lowest BCUT2D eigenvalue weighted by Gasteiger charge is -2.15. The highest BCUT2D eigenvalue weighted by atomic mass is 35.5. The Morgan fingerprint density at radius 1 is 1.19 bits per heavy atom. The van der Waals surface area contributed by atoms with Crippen LogP contribution in [0.15, 0.2) is 30.3 Å². The third-order valence-corrected chi connectivity index (χ3v) is 2.24. The molecule has 1 atom stereocenters. The second kappa shape index (κ2) is 5.72. The summed E-state index contributed by atoms with van der Waals surface area (Å²) >= 11 is 10.9. The van der Waals surface area contributed by atoms with Gasteiger partial charge in [-0.05, 0) is 0 Å². The smallest absolute Gasteiger partial charge is 0.405 e. The largest absolute Gasteiger partial charge is 0.433 e. The fourth-order valence-electron chi connectivity index (χ4n) is 1.15. The van der Waals surface area contributed by atoms with Crippen LogP contribution in [0.2, 0.25) is 0 Å². The molecular weight excluding hydrogens is 253 g/mol. The number of benzene rings is 1. The molecule has 0 bridgehead atoms. The lowest BCUT2D eigenvalue weighted by molar-refractivity contribution is -0.125. The highest BCUT2D eigenvalue weighted by Crippen LogP contribution is 2.23. The number of ketones is 1. The summed E-state index contributed by atoms with van der Waals surface area (Å²) in [4.78, 5) is 21.0. The van der Waals surface area contributed by atoms with Crippen molar-refractivity contribution in [3.63, 3.8) is 0 Å². The number of alkyl halides is 2. The Kier molecular flexibility index (Phi) is 4.58. The quantitative estimate of drug-likeness (QED) is 0.845. The van der Waals surface area contributed by atoms with Crippen molar-refractivity contribution in [2.45, 2.75) is 10.9 Å². The van der Waals surface area contributed by atoms with E-state index in [4.69, 9.17) is 28.9 Å². The maximum Gasteiger partial charge on any atom is 0.405 e. The number of ether oxygens (including phenoxy) is 1. The number of nitrogens with two attached hydrogens (primary N) is 1. The highest BCUT2D eigenvalue weighted by Gasteiger charge is 2.28. The van der Waals surface area contributed by atoms with E-state index in [1.165, 1.54) is 0 Å². The zero-order valence-electron chi connectivity index (χ0n) is 8.10. The van der Waals surface area contributed by atoms with Crippen LogP contribution in [0.5, 0.6) is 0 Å². The molecule has 0 unspecified atom stereocenters. The van der Waals surface area contributed by atoms with E-state index in [1.807, 2.05) is 0 Å². The van der Waals surface area contributed by atoms with Gasteiger partial charge in [0.2, 0.25) is 5.78 Å². The van der Waals surface area contributed by atoms with Gasteiger partial charge in [-0.1, -0.05) is 53.5 Å². The van der Waals surface area contributed by atoms with Gasteiger partial charge < -0.3 is 10.5 Å². The van der Waals surface area contributed by atoms with Gasteiger partial charge in [0, 0.05) is 5.56 Å². The van der Waals surface area contributed by atoms with Gasteiger partial charge in [-0.15, -0.1) is 0 Å². The summed E-state index contributed by atoms with van der Waals surface area (Å²) in [6.45, 7) is 0. The predicted molar refractivity (Wildman–Crippen MR) is 60.4 cm³/mol. The molecule has 0 saturated heterocycles. The van der Waals surface area contributed by atoms with E-state index >= 15 is 0 Å². The molecule has 2 N–H and O–H groups in total. The first-order chi connectivity index (χ1) is 7.52. The van der Waals surface area contributed by atoms with E-state index in [9.17, 15) is 9.59 Å². The first-order valence-corrected chi connectivity index (χ1v) is 5.22. The van der Waals surface area contributed by atoms with Crippen LogP contribution in [0.3, 0.4) is 0 Å². The molecule has 0 heterocycles. The van der Waals surface area contributed by atoms with Crippen LogP contribution in [0.1, 0.15) is 11.7 Å². The molecule has 0 saturated carbocycles. The minimum Gasteiger partial charge on any atom is -0.433 e. The third-order valence-electron chi connectivity index (χ3n) is 1.81. The average Bonchev–Trinajstić information content (AvgIpc) is 2.26. The maximum absolute atomic E-state index is 11.6. The Bertz CT molecular complexity index is 381. The maximum atomic E-state index is 11.6. The summed E-state index contributed by atoms with van der Waals surface area (Å²) in [5, 5.41) is 0. The number of carbonyl (C=O) groups is 2. The van der Waals surface area contributed by atoms with Gasteiger partial charge in [0.25, 0.3) is 0 Å². The highest BCUT2D eigenvalue weighted by molar-refractivity contribution is 6.54. The van der Waals surface area contributed by atoms with E-state index in [1.54, 1.807) is 30.3 Å². The number of rotatable bonds is 4. The van der Waals surface area contributed by atoms with Gasteiger partial charge in [0.1, 0.15) is 0 Å². The molecule has 1 aromatic rings. The lowest BCUT2D eigenvalue weighted by Crippen LogP contribution is -2.26. The van der Waals surface area contributed by atoms with Crippen LogP contribution in [-0.4, -0.2) is 16.7 Å². The van der Waals surface area contributed by atoms with Crippen molar-refractivity contribution < 1.29 is 14.3 Å². The topological polar surface area (TPSA) is 69.4 Å². The fourth-order valence-corrected chi connectivity index (χ4v) is 1.38. The van der Waals surface area contributed by atoms with E-state index in [0.29, 0.717) is 5.56 Å². The molecule has 0 aliphatic carbocycles. The Morgan fingerprint density at radius 3 is 2.19 bits per heavy atom. The number of amides is 1. The molecule has 0 aromatic heterocycles. The van der Waals surface area contributed by atoms with Crippen LogP contribution in [-0.2, 0) is 9.53 Å². The number of hydrogen-bond acceptors (Lipinski definition) is 3. The third kappa shape index (κ3) is 3.40. The minimum absolute atomic E-state index is 0.470. The van der Waals surface area contributed by atoms with Crippen LogP contribution in [0.4, 0.5) is 4.79 Å². The standard InChI is InChI=1S/C10H9Cl2NO3/c11-9(12)7(14)8(16-10(13)15)6-4-2-1-3-5-6/h1-5,8-9H,(H2,13,15)/t8-/m0/s1. The molecule has 6 heteroatoms. The van der Waals surface area contributed by atoms with E-state index < -0.39 is 22.8 Å². The van der Waals surface area contributed by atoms with Crippen molar-refractivity contribution >= 4 is 35.1 Å².